The van der Waals surface area contributed by atoms with Crippen molar-refractivity contribution in [1.82, 2.24) is 5.32 Å². The van der Waals surface area contributed by atoms with E-state index in [9.17, 15) is 9.59 Å². The molecule has 2 aromatic rings. The van der Waals surface area contributed by atoms with E-state index in [2.05, 4.69) is 41.8 Å². The maximum Gasteiger partial charge on any atom is 0.326 e. The van der Waals surface area contributed by atoms with Crippen LogP contribution in [0.1, 0.15) is 22.3 Å². The molecule has 0 radical (unpaired) electrons. The van der Waals surface area contributed by atoms with Gasteiger partial charge in [-0.1, -0.05) is 42.0 Å². The van der Waals surface area contributed by atoms with Gasteiger partial charge in [-0.25, -0.2) is 4.79 Å². The number of carbonyl (C=O) groups is 2. The zero-order valence-corrected chi connectivity index (χ0v) is 17.6. The summed E-state index contributed by atoms with van der Waals surface area (Å²) < 4.78 is 0. The van der Waals surface area contributed by atoms with Crippen LogP contribution in [0.25, 0.3) is 0 Å². The molecule has 4 N–H and O–H groups in total. The second-order valence-electron chi connectivity index (χ2n) is 8.10. The van der Waals surface area contributed by atoms with Crippen molar-refractivity contribution in [2.45, 2.75) is 27.3 Å². The summed E-state index contributed by atoms with van der Waals surface area (Å²) in [7, 11) is 0. The summed E-state index contributed by atoms with van der Waals surface area (Å²) in [4.78, 5) is 27.2. The molecule has 3 amide bonds. The van der Waals surface area contributed by atoms with Crippen molar-refractivity contribution in [3.63, 3.8) is 0 Å². The van der Waals surface area contributed by atoms with Crippen LogP contribution in [-0.2, 0) is 11.3 Å². The highest BCUT2D eigenvalue weighted by Crippen LogP contribution is 2.15. The molecule has 154 valence electrons. The Morgan fingerprint density at radius 2 is 1.59 bits per heavy atom. The Morgan fingerprint density at radius 3 is 2.28 bits per heavy atom. The lowest BCUT2D eigenvalue weighted by atomic mass is 10.1. The molecule has 2 aromatic carbocycles. The number of quaternary nitrogens is 2. The Hall–Kier alpha value is -2.70. The molecule has 0 spiro atoms. The quantitative estimate of drug-likeness (QED) is 0.585. The van der Waals surface area contributed by atoms with E-state index in [0.717, 1.165) is 49.5 Å². The molecule has 0 aromatic heterocycles. The number of nitrogens with one attached hydrogen (secondary N) is 4. The Labute approximate surface area is 172 Å². The van der Waals surface area contributed by atoms with Gasteiger partial charge in [-0.15, -0.1) is 0 Å². The fourth-order valence-electron chi connectivity index (χ4n) is 3.89. The topological polar surface area (TPSA) is 67.1 Å². The van der Waals surface area contributed by atoms with Crippen molar-refractivity contribution in [2.75, 3.05) is 38.0 Å². The summed E-state index contributed by atoms with van der Waals surface area (Å²) in [5, 5.41) is 5.22. The molecule has 0 aliphatic carbocycles. The number of carbonyl (C=O) groups excluding carboxylic acids is 2. The van der Waals surface area contributed by atoms with E-state index in [4.69, 9.17) is 0 Å². The molecule has 1 fully saturated rings. The van der Waals surface area contributed by atoms with Gasteiger partial charge in [-0.05, 0) is 38.0 Å². The number of hydrogen-bond donors (Lipinski definition) is 4. The average molecular weight is 397 g/mol. The van der Waals surface area contributed by atoms with E-state index in [1.165, 1.54) is 16.0 Å². The number of hydrogen-bond acceptors (Lipinski definition) is 2. The minimum atomic E-state index is -0.467. The van der Waals surface area contributed by atoms with Crippen molar-refractivity contribution in [1.29, 1.82) is 0 Å². The summed E-state index contributed by atoms with van der Waals surface area (Å²) in [6, 6.07) is 13.9. The Kier molecular flexibility index (Phi) is 7.01. The second-order valence-corrected chi connectivity index (χ2v) is 8.10. The lowest BCUT2D eigenvalue weighted by molar-refractivity contribution is -1.02. The van der Waals surface area contributed by atoms with Crippen molar-refractivity contribution in [3.8, 4) is 0 Å². The van der Waals surface area contributed by atoms with E-state index < -0.39 is 6.03 Å². The number of piperazine rings is 1. The number of aryl methyl sites for hydroxylation is 3. The van der Waals surface area contributed by atoms with Crippen molar-refractivity contribution in [2.24, 2.45) is 0 Å². The normalized spacial score (nSPS) is 18.9. The third-order valence-electron chi connectivity index (χ3n) is 5.66. The highest BCUT2D eigenvalue weighted by atomic mass is 16.2. The highest BCUT2D eigenvalue weighted by Gasteiger charge is 2.25. The first kappa shape index (κ1) is 21.0. The van der Waals surface area contributed by atoms with Crippen LogP contribution in [0.3, 0.4) is 0 Å². The number of rotatable bonds is 5. The third kappa shape index (κ3) is 6.14. The number of amides is 3. The minimum absolute atomic E-state index is 0.232. The van der Waals surface area contributed by atoms with Crippen LogP contribution < -0.4 is 20.4 Å². The molecule has 1 saturated heterocycles. The molecular formula is C23H32N4O2+2. The predicted molar refractivity (Wildman–Crippen MR) is 114 cm³/mol. The lowest BCUT2D eigenvalue weighted by Gasteiger charge is -2.29. The molecule has 0 bridgehead atoms. The first-order chi connectivity index (χ1) is 13.9. The predicted octanol–water partition coefficient (Wildman–Crippen LogP) is 0.244. The van der Waals surface area contributed by atoms with Gasteiger partial charge in [0.2, 0.25) is 0 Å². The van der Waals surface area contributed by atoms with Crippen LogP contribution in [0, 0.1) is 20.8 Å². The molecule has 0 saturated carbocycles. The standard InChI is InChI=1S/C23H30N4O2/c1-17-8-9-21(19(3)14-17)24-23(29)25-22(28)16-27-12-10-26(11-13-27)15-20-7-5-4-6-18(20)2/h4-9,14H,10-13,15-16H2,1-3H3,(H2,24,25,28,29)/p+2. The van der Waals surface area contributed by atoms with Gasteiger partial charge in [0, 0.05) is 11.3 Å². The van der Waals surface area contributed by atoms with Gasteiger partial charge in [0.05, 0.1) is 0 Å². The maximum atomic E-state index is 12.3. The zero-order chi connectivity index (χ0) is 20.8. The second kappa shape index (κ2) is 9.67. The number of urea groups is 1. The summed E-state index contributed by atoms with van der Waals surface area (Å²) in [6.45, 7) is 11.4. The van der Waals surface area contributed by atoms with Crippen LogP contribution in [0.5, 0.6) is 0 Å². The van der Waals surface area contributed by atoms with Gasteiger partial charge in [0.1, 0.15) is 32.7 Å². The first-order valence-corrected chi connectivity index (χ1v) is 10.3. The molecule has 29 heavy (non-hydrogen) atoms. The largest absolute Gasteiger partial charge is 0.326 e. The Morgan fingerprint density at radius 1 is 0.897 bits per heavy atom. The van der Waals surface area contributed by atoms with Gasteiger partial charge in [-0.3, -0.25) is 10.1 Å². The summed E-state index contributed by atoms with van der Waals surface area (Å²) in [5.41, 5.74) is 5.57. The molecule has 1 heterocycles. The van der Waals surface area contributed by atoms with Crippen molar-refractivity contribution >= 4 is 17.6 Å². The summed E-state index contributed by atoms with van der Waals surface area (Å²) in [5.74, 6) is -0.232. The molecule has 6 heteroatoms. The van der Waals surface area contributed by atoms with E-state index in [1.807, 2.05) is 32.0 Å². The fourth-order valence-corrected chi connectivity index (χ4v) is 3.89. The lowest BCUT2D eigenvalue weighted by Crippen LogP contribution is -3.28. The fraction of sp³-hybridized carbons (Fsp3) is 0.391. The zero-order valence-electron chi connectivity index (χ0n) is 17.6. The molecule has 1 aliphatic heterocycles. The van der Waals surface area contributed by atoms with Gasteiger partial charge in [-0.2, -0.15) is 0 Å². The number of benzene rings is 2. The number of anilines is 1. The molecule has 1 aliphatic rings. The van der Waals surface area contributed by atoms with Crippen molar-refractivity contribution < 1.29 is 19.4 Å². The summed E-state index contributed by atoms with van der Waals surface area (Å²) in [6.07, 6.45) is 0. The maximum absolute atomic E-state index is 12.3. The van der Waals surface area contributed by atoms with Gasteiger partial charge < -0.3 is 15.1 Å². The van der Waals surface area contributed by atoms with Gasteiger partial charge in [0.15, 0.2) is 6.54 Å². The van der Waals surface area contributed by atoms with Crippen molar-refractivity contribution in [3.05, 3.63) is 64.7 Å². The van der Waals surface area contributed by atoms with Crippen LogP contribution in [0.15, 0.2) is 42.5 Å². The van der Waals surface area contributed by atoms with Crippen LogP contribution in [-0.4, -0.2) is 44.7 Å². The average Bonchev–Trinajstić information content (AvgIpc) is 2.67. The highest BCUT2D eigenvalue weighted by molar-refractivity contribution is 6.01. The van der Waals surface area contributed by atoms with Crippen LogP contribution >= 0.6 is 0 Å². The SMILES string of the molecule is Cc1ccc(NC(=O)NC(=O)C[NH+]2CC[NH+](Cc3ccccc3C)CC2)c(C)c1. The molecule has 3 rings (SSSR count). The smallest absolute Gasteiger partial charge is 0.322 e. The van der Waals surface area contributed by atoms with E-state index >= 15 is 0 Å². The van der Waals surface area contributed by atoms with E-state index in [0.29, 0.717) is 6.54 Å². The molecular weight excluding hydrogens is 364 g/mol. The molecule has 0 atom stereocenters. The van der Waals surface area contributed by atoms with Crippen LogP contribution in [0.4, 0.5) is 10.5 Å². The third-order valence-corrected chi connectivity index (χ3v) is 5.66. The Balaban J connectivity index is 1.41. The first-order valence-electron chi connectivity index (χ1n) is 10.3. The number of imide groups is 1. The van der Waals surface area contributed by atoms with Gasteiger partial charge in [0.25, 0.3) is 5.91 Å². The minimum Gasteiger partial charge on any atom is -0.322 e. The Bertz CT molecular complexity index is 873. The van der Waals surface area contributed by atoms with E-state index in [-0.39, 0.29) is 5.91 Å². The summed E-state index contributed by atoms with van der Waals surface area (Å²) >= 11 is 0. The molecule has 6 nitrogen and oxygen atoms in total. The van der Waals surface area contributed by atoms with Crippen LogP contribution in [0.2, 0.25) is 0 Å². The van der Waals surface area contributed by atoms with Gasteiger partial charge >= 0.3 is 6.03 Å². The monoisotopic (exact) mass is 396 g/mol. The van der Waals surface area contributed by atoms with E-state index in [1.54, 1.807) is 4.90 Å². The molecule has 0 unspecified atom stereocenters.